The van der Waals surface area contributed by atoms with E-state index in [-0.39, 0.29) is 12.3 Å². The SMILES string of the molecule is CCn1c2ccccc2c2cc([C@H]3Oc4ccccc4[C@@H]4CC(c5ccccc5)=NN34)ccc21. The van der Waals surface area contributed by atoms with Gasteiger partial charge in [-0.2, -0.15) is 5.10 Å². The second-order valence-corrected chi connectivity index (χ2v) is 9.06. The number of hydrogen-bond donors (Lipinski definition) is 0. The summed E-state index contributed by atoms with van der Waals surface area (Å²) in [4.78, 5) is 0. The third kappa shape index (κ3) is 2.81. The molecule has 0 saturated carbocycles. The Hall–Kier alpha value is -4.05. The highest BCUT2D eigenvalue weighted by Crippen LogP contribution is 2.48. The second kappa shape index (κ2) is 7.49. The molecule has 2 aliphatic rings. The largest absolute Gasteiger partial charge is 0.464 e. The molecule has 0 aliphatic carbocycles. The van der Waals surface area contributed by atoms with Gasteiger partial charge in [0.25, 0.3) is 0 Å². The summed E-state index contributed by atoms with van der Waals surface area (Å²) in [5, 5.41) is 9.84. The van der Waals surface area contributed by atoms with Crippen molar-refractivity contribution in [3.05, 3.63) is 114 Å². The molecule has 0 N–H and O–H groups in total. The number of aryl methyl sites for hydroxylation is 1. The van der Waals surface area contributed by atoms with Crippen LogP contribution in [0.5, 0.6) is 5.75 Å². The van der Waals surface area contributed by atoms with Crippen LogP contribution in [0.25, 0.3) is 21.8 Å². The van der Waals surface area contributed by atoms with Crippen LogP contribution in [0.2, 0.25) is 0 Å². The molecular formula is C30H25N3O. The second-order valence-electron chi connectivity index (χ2n) is 9.06. The Kier molecular flexibility index (Phi) is 4.28. The van der Waals surface area contributed by atoms with Crippen molar-refractivity contribution in [2.45, 2.75) is 32.2 Å². The lowest BCUT2D eigenvalue weighted by molar-refractivity contribution is -0.0189. The van der Waals surface area contributed by atoms with E-state index in [0.717, 1.165) is 30.0 Å². The van der Waals surface area contributed by atoms with Gasteiger partial charge < -0.3 is 9.30 Å². The van der Waals surface area contributed by atoms with Crippen LogP contribution in [0, 0.1) is 0 Å². The monoisotopic (exact) mass is 443 g/mol. The van der Waals surface area contributed by atoms with Crippen LogP contribution in [-0.4, -0.2) is 15.3 Å². The van der Waals surface area contributed by atoms with Crippen LogP contribution in [0.4, 0.5) is 0 Å². The third-order valence-corrected chi connectivity index (χ3v) is 7.20. The van der Waals surface area contributed by atoms with Gasteiger partial charge in [0, 0.05) is 45.9 Å². The van der Waals surface area contributed by atoms with Crippen LogP contribution in [0.1, 0.15) is 42.3 Å². The average Bonchev–Trinajstić information content (AvgIpc) is 3.48. The van der Waals surface area contributed by atoms with E-state index in [1.807, 2.05) is 0 Å². The van der Waals surface area contributed by atoms with E-state index in [9.17, 15) is 0 Å². The molecule has 3 heterocycles. The van der Waals surface area contributed by atoms with E-state index in [1.54, 1.807) is 0 Å². The zero-order chi connectivity index (χ0) is 22.6. The molecule has 1 aromatic heterocycles. The molecule has 0 amide bonds. The highest BCUT2D eigenvalue weighted by atomic mass is 16.5. The zero-order valence-corrected chi connectivity index (χ0v) is 19.1. The van der Waals surface area contributed by atoms with E-state index < -0.39 is 0 Å². The molecule has 0 saturated heterocycles. The smallest absolute Gasteiger partial charge is 0.213 e. The summed E-state index contributed by atoms with van der Waals surface area (Å²) < 4.78 is 9.01. The molecule has 0 radical (unpaired) electrons. The first-order valence-electron chi connectivity index (χ1n) is 12.0. The number of nitrogens with zero attached hydrogens (tertiary/aromatic N) is 3. The summed E-state index contributed by atoms with van der Waals surface area (Å²) in [5.41, 5.74) is 7.15. The fraction of sp³-hybridized carbons (Fsp3) is 0.167. The topological polar surface area (TPSA) is 29.8 Å². The molecule has 0 unspecified atom stereocenters. The van der Waals surface area contributed by atoms with E-state index in [0.29, 0.717) is 0 Å². The Bertz CT molecular complexity index is 1570. The molecule has 0 bridgehead atoms. The maximum Gasteiger partial charge on any atom is 0.213 e. The van der Waals surface area contributed by atoms with Gasteiger partial charge in [0.15, 0.2) is 0 Å². The predicted molar refractivity (Wildman–Crippen MR) is 137 cm³/mol. The van der Waals surface area contributed by atoms with Crippen molar-refractivity contribution >= 4 is 27.5 Å². The van der Waals surface area contributed by atoms with Crippen LogP contribution in [-0.2, 0) is 6.54 Å². The van der Waals surface area contributed by atoms with Crippen LogP contribution in [0.15, 0.2) is 102 Å². The summed E-state index contributed by atoms with van der Waals surface area (Å²) in [7, 11) is 0. The lowest BCUT2D eigenvalue weighted by Gasteiger charge is -2.38. The Morgan fingerprint density at radius 2 is 1.59 bits per heavy atom. The Morgan fingerprint density at radius 1 is 0.824 bits per heavy atom. The lowest BCUT2D eigenvalue weighted by atomic mass is 9.96. The van der Waals surface area contributed by atoms with Gasteiger partial charge in [0.1, 0.15) is 5.75 Å². The number of hydrogen-bond acceptors (Lipinski definition) is 3. The standard InChI is InChI=1S/C30H25N3O/c1-2-32-26-14-8-6-12-22(26)24-18-21(16-17-27(24)32)30-33-28(23-13-7-9-15-29(23)34-30)19-25(31-33)20-10-4-3-5-11-20/h3-18,28,30H,2,19H2,1H3/t28-,30+/m0/s1. The summed E-state index contributed by atoms with van der Waals surface area (Å²) in [6.45, 7) is 3.14. The van der Waals surface area contributed by atoms with Crippen LogP contribution < -0.4 is 4.74 Å². The predicted octanol–water partition coefficient (Wildman–Crippen LogP) is 7.06. The molecule has 4 nitrogen and oxygen atoms in total. The van der Waals surface area contributed by atoms with Gasteiger partial charge in [0.05, 0.1) is 11.8 Å². The average molecular weight is 444 g/mol. The molecule has 0 fully saturated rings. The normalized spacial score (nSPS) is 19.1. The molecule has 0 spiro atoms. The van der Waals surface area contributed by atoms with E-state index in [4.69, 9.17) is 9.84 Å². The van der Waals surface area contributed by atoms with Crippen LogP contribution in [0.3, 0.4) is 0 Å². The fourth-order valence-corrected chi connectivity index (χ4v) is 5.62. The lowest BCUT2D eigenvalue weighted by Crippen LogP contribution is -2.33. The number of hydrazone groups is 1. The number of rotatable bonds is 3. The first kappa shape index (κ1) is 19.4. The molecule has 166 valence electrons. The molecule has 2 atom stereocenters. The van der Waals surface area contributed by atoms with E-state index in [2.05, 4.69) is 114 Å². The number of fused-ring (bicyclic) bond motifs is 6. The molecule has 4 aromatic carbocycles. The van der Waals surface area contributed by atoms with Gasteiger partial charge in [0.2, 0.25) is 6.23 Å². The van der Waals surface area contributed by atoms with Crippen molar-refractivity contribution in [3.8, 4) is 5.75 Å². The number of ether oxygens (including phenoxy) is 1. The van der Waals surface area contributed by atoms with Gasteiger partial charge in [-0.1, -0.05) is 72.8 Å². The summed E-state index contributed by atoms with van der Waals surface area (Å²) in [6, 6.07) is 34.5. The van der Waals surface area contributed by atoms with Crippen molar-refractivity contribution in [3.63, 3.8) is 0 Å². The van der Waals surface area contributed by atoms with Crippen molar-refractivity contribution in [1.29, 1.82) is 0 Å². The van der Waals surface area contributed by atoms with Gasteiger partial charge in [-0.3, -0.25) is 0 Å². The van der Waals surface area contributed by atoms with Crippen molar-refractivity contribution in [1.82, 2.24) is 9.58 Å². The van der Waals surface area contributed by atoms with Gasteiger partial charge in [-0.25, -0.2) is 5.01 Å². The van der Waals surface area contributed by atoms with Crippen molar-refractivity contribution < 1.29 is 4.74 Å². The Balaban J connectivity index is 1.39. The van der Waals surface area contributed by atoms with Crippen LogP contribution >= 0.6 is 0 Å². The molecule has 2 aliphatic heterocycles. The van der Waals surface area contributed by atoms with Crippen molar-refractivity contribution in [2.24, 2.45) is 5.10 Å². The Morgan fingerprint density at radius 3 is 2.47 bits per heavy atom. The fourth-order valence-electron chi connectivity index (χ4n) is 5.62. The molecule has 5 aromatic rings. The highest BCUT2D eigenvalue weighted by molar-refractivity contribution is 6.08. The van der Waals surface area contributed by atoms with Crippen molar-refractivity contribution in [2.75, 3.05) is 0 Å². The van der Waals surface area contributed by atoms with Gasteiger partial charge in [-0.05, 0) is 36.8 Å². The summed E-state index contributed by atoms with van der Waals surface area (Å²) >= 11 is 0. The maximum atomic E-state index is 6.62. The number of benzene rings is 4. The Labute approximate surface area is 198 Å². The summed E-state index contributed by atoms with van der Waals surface area (Å²) in [5.74, 6) is 0.953. The van der Waals surface area contributed by atoms with Gasteiger partial charge in [-0.15, -0.1) is 0 Å². The minimum Gasteiger partial charge on any atom is -0.464 e. The maximum absolute atomic E-state index is 6.62. The van der Waals surface area contributed by atoms with E-state index >= 15 is 0 Å². The molecule has 4 heteroatoms. The third-order valence-electron chi connectivity index (χ3n) is 7.20. The summed E-state index contributed by atoms with van der Waals surface area (Å²) in [6.07, 6.45) is 0.604. The molecule has 7 rings (SSSR count). The molecular weight excluding hydrogens is 418 g/mol. The number of para-hydroxylation sites is 2. The quantitative estimate of drug-likeness (QED) is 0.299. The zero-order valence-electron chi connectivity index (χ0n) is 19.1. The van der Waals surface area contributed by atoms with E-state index in [1.165, 1.54) is 32.9 Å². The number of aromatic nitrogens is 1. The first-order valence-corrected chi connectivity index (χ1v) is 12.0. The van der Waals surface area contributed by atoms with Gasteiger partial charge >= 0.3 is 0 Å². The minimum atomic E-state index is -0.269. The molecule has 34 heavy (non-hydrogen) atoms. The highest BCUT2D eigenvalue weighted by Gasteiger charge is 2.40. The first-order chi connectivity index (χ1) is 16.8. The minimum absolute atomic E-state index is 0.165.